The van der Waals surface area contributed by atoms with Crippen molar-refractivity contribution in [1.29, 1.82) is 0 Å². The average molecular weight is 282 g/mol. The van der Waals surface area contributed by atoms with Gasteiger partial charge in [0.25, 0.3) is 10.0 Å². The van der Waals surface area contributed by atoms with E-state index in [0.717, 1.165) is 11.3 Å². The van der Waals surface area contributed by atoms with Crippen LogP contribution in [0.15, 0.2) is 14.7 Å². The van der Waals surface area contributed by atoms with Crippen molar-refractivity contribution >= 4 is 39.1 Å². The van der Waals surface area contributed by atoms with Crippen molar-refractivity contribution in [2.24, 2.45) is 5.14 Å². The summed E-state index contributed by atoms with van der Waals surface area (Å²) in [6.45, 7) is 0. The second kappa shape index (κ2) is 5.62. The molecular formula is C7H10N2O4S3. The molecule has 0 aromatic carbocycles. The fourth-order valence-electron chi connectivity index (χ4n) is 0.779. The van der Waals surface area contributed by atoms with Crippen LogP contribution >= 0.6 is 23.1 Å². The van der Waals surface area contributed by atoms with Crippen LogP contribution in [-0.4, -0.2) is 32.2 Å². The second-order valence-electron chi connectivity index (χ2n) is 2.66. The number of nitrogens with zero attached hydrogens (tertiary/aromatic N) is 1. The average Bonchev–Trinajstić information content (AvgIpc) is 2.65. The minimum Gasteiger partial charge on any atom is -0.469 e. The first-order valence-electron chi connectivity index (χ1n) is 4.11. The van der Waals surface area contributed by atoms with Gasteiger partial charge in [-0.15, -0.1) is 11.8 Å². The van der Waals surface area contributed by atoms with Gasteiger partial charge in [-0.05, 0) is 0 Å². The topological polar surface area (TPSA) is 99.3 Å². The third kappa shape index (κ3) is 4.08. The highest BCUT2D eigenvalue weighted by Gasteiger charge is 2.13. The lowest BCUT2D eigenvalue weighted by atomic mass is 10.5. The molecule has 0 atom stereocenters. The summed E-state index contributed by atoms with van der Waals surface area (Å²) in [5.74, 6) is 0.211. The van der Waals surface area contributed by atoms with Crippen molar-refractivity contribution < 1.29 is 17.9 Å². The summed E-state index contributed by atoms with van der Waals surface area (Å²) in [5.41, 5.74) is 0. The molecule has 0 aliphatic carbocycles. The van der Waals surface area contributed by atoms with Crippen molar-refractivity contribution in [1.82, 2.24) is 4.98 Å². The van der Waals surface area contributed by atoms with E-state index < -0.39 is 10.0 Å². The summed E-state index contributed by atoms with van der Waals surface area (Å²) in [6.07, 6.45) is 1.69. The molecule has 0 fully saturated rings. The zero-order chi connectivity index (χ0) is 12.2. The number of rotatable bonds is 5. The lowest BCUT2D eigenvalue weighted by Gasteiger charge is -1.96. The number of methoxy groups -OCH3 is 1. The summed E-state index contributed by atoms with van der Waals surface area (Å²) < 4.78 is 26.9. The van der Waals surface area contributed by atoms with Crippen LogP contribution in [0.1, 0.15) is 6.42 Å². The maximum atomic E-state index is 10.9. The molecule has 0 radical (unpaired) electrons. The molecule has 1 rings (SSSR count). The smallest absolute Gasteiger partial charge is 0.306 e. The van der Waals surface area contributed by atoms with Gasteiger partial charge in [-0.25, -0.2) is 18.5 Å². The Morgan fingerprint density at radius 1 is 1.69 bits per heavy atom. The molecule has 90 valence electrons. The minimum atomic E-state index is -3.73. The number of thiazole rings is 1. The van der Waals surface area contributed by atoms with Crippen LogP contribution in [-0.2, 0) is 19.6 Å². The second-order valence-corrected chi connectivity index (χ2v) is 6.83. The first-order valence-corrected chi connectivity index (χ1v) is 7.46. The molecule has 0 saturated heterocycles. The number of thioether (sulfide) groups is 1. The number of primary sulfonamides is 1. The Kier molecular flexibility index (Phi) is 4.71. The number of carbonyl (C=O) groups is 1. The fraction of sp³-hybridized carbons (Fsp3) is 0.429. The van der Waals surface area contributed by atoms with Gasteiger partial charge in [0.1, 0.15) is 0 Å². The zero-order valence-electron chi connectivity index (χ0n) is 8.37. The lowest BCUT2D eigenvalue weighted by Crippen LogP contribution is -2.11. The van der Waals surface area contributed by atoms with Gasteiger partial charge in [0.15, 0.2) is 0 Å². The normalized spacial score (nSPS) is 11.4. The number of carbonyl (C=O) groups excluding carboxylic acids is 1. The van der Waals surface area contributed by atoms with E-state index in [4.69, 9.17) is 5.14 Å². The van der Waals surface area contributed by atoms with Crippen molar-refractivity contribution in [3.8, 4) is 0 Å². The molecule has 0 unspecified atom stereocenters. The van der Waals surface area contributed by atoms with E-state index >= 15 is 0 Å². The Morgan fingerprint density at radius 2 is 2.38 bits per heavy atom. The molecule has 0 bridgehead atoms. The number of hydrogen-bond acceptors (Lipinski definition) is 7. The van der Waals surface area contributed by atoms with Crippen molar-refractivity contribution in [2.45, 2.75) is 15.0 Å². The van der Waals surface area contributed by atoms with Crippen molar-refractivity contribution in [3.63, 3.8) is 0 Å². The standard InChI is InChI=1S/C7H10N2O4S3/c1-13-5(10)2-3-14-6-4-9-7(15-6)16(8,11)12/h4H,2-3H2,1H3,(H2,8,11,12). The van der Waals surface area contributed by atoms with Gasteiger partial charge in [-0.2, -0.15) is 0 Å². The highest BCUT2D eigenvalue weighted by atomic mass is 32.3. The van der Waals surface area contributed by atoms with Crippen LogP contribution in [0.2, 0.25) is 0 Å². The number of aromatic nitrogens is 1. The van der Waals surface area contributed by atoms with Crippen LogP contribution in [0.25, 0.3) is 0 Å². The summed E-state index contributed by atoms with van der Waals surface area (Å²) in [6, 6.07) is 0. The predicted molar refractivity (Wildman–Crippen MR) is 60.8 cm³/mol. The first kappa shape index (κ1) is 13.4. The molecule has 0 saturated carbocycles. The van der Waals surface area contributed by atoms with Gasteiger partial charge in [0.2, 0.25) is 4.34 Å². The van der Waals surface area contributed by atoms with E-state index in [-0.39, 0.29) is 16.7 Å². The number of esters is 1. The SMILES string of the molecule is COC(=O)CCSc1cnc(S(N)(=O)=O)s1. The van der Waals surface area contributed by atoms with E-state index in [1.807, 2.05) is 0 Å². The first-order chi connectivity index (χ1) is 7.43. The van der Waals surface area contributed by atoms with Crippen molar-refractivity contribution in [2.75, 3.05) is 12.9 Å². The number of ether oxygens (including phenoxy) is 1. The van der Waals surface area contributed by atoms with Gasteiger partial charge in [0, 0.05) is 5.75 Å². The Hall–Kier alpha value is -0.640. The molecular weight excluding hydrogens is 272 g/mol. The molecule has 1 aromatic rings. The third-order valence-electron chi connectivity index (χ3n) is 1.48. The van der Waals surface area contributed by atoms with Crippen LogP contribution in [0.5, 0.6) is 0 Å². The largest absolute Gasteiger partial charge is 0.469 e. The Balaban J connectivity index is 2.51. The van der Waals surface area contributed by atoms with Gasteiger partial charge in [-0.3, -0.25) is 4.79 Å². The monoisotopic (exact) mass is 282 g/mol. The van der Waals surface area contributed by atoms with Crippen LogP contribution < -0.4 is 5.14 Å². The maximum absolute atomic E-state index is 10.9. The predicted octanol–water partition coefficient (Wildman–Crippen LogP) is 0.446. The molecule has 6 nitrogen and oxygen atoms in total. The summed E-state index contributed by atoms with van der Waals surface area (Å²) in [5, 5.41) is 4.91. The van der Waals surface area contributed by atoms with Crippen LogP contribution in [0.4, 0.5) is 0 Å². The van der Waals surface area contributed by atoms with Crippen LogP contribution in [0, 0.1) is 0 Å². The van der Waals surface area contributed by atoms with Crippen molar-refractivity contribution in [3.05, 3.63) is 6.20 Å². The molecule has 2 N–H and O–H groups in total. The Bertz CT molecular complexity index is 468. The van der Waals surface area contributed by atoms with Gasteiger partial charge < -0.3 is 4.74 Å². The lowest BCUT2D eigenvalue weighted by molar-refractivity contribution is -0.140. The summed E-state index contributed by atoms with van der Waals surface area (Å²) >= 11 is 2.32. The highest BCUT2D eigenvalue weighted by molar-refractivity contribution is 8.01. The number of sulfonamides is 1. The summed E-state index contributed by atoms with van der Waals surface area (Å²) in [7, 11) is -2.41. The third-order valence-corrected chi connectivity index (χ3v) is 5.01. The van der Waals surface area contributed by atoms with Crippen LogP contribution in [0.3, 0.4) is 0 Å². The molecule has 0 amide bonds. The molecule has 0 aliphatic rings. The number of nitrogens with two attached hydrogens (primary N) is 1. The van der Waals surface area contributed by atoms with E-state index in [2.05, 4.69) is 9.72 Å². The molecule has 9 heteroatoms. The fourth-order valence-corrected chi connectivity index (χ4v) is 3.57. The van der Waals surface area contributed by atoms with E-state index in [9.17, 15) is 13.2 Å². The minimum absolute atomic E-state index is 0.118. The van der Waals surface area contributed by atoms with E-state index in [0.29, 0.717) is 9.96 Å². The number of hydrogen-bond donors (Lipinski definition) is 1. The highest BCUT2D eigenvalue weighted by Crippen LogP contribution is 2.27. The molecule has 16 heavy (non-hydrogen) atoms. The van der Waals surface area contributed by atoms with Gasteiger partial charge >= 0.3 is 5.97 Å². The maximum Gasteiger partial charge on any atom is 0.306 e. The molecule has 0 spiro atoms. The van der Waals surface area contributed by atoms with Gasteiger partial charge in [-0.1, -0.05) is 11.3 Å². The molecule has 0 aliphatic heterocycles. The Labute approximate surface area is 101 Å². The quantitative estimate of drug-likeness (QED) is 0.621. The zero-order valence-corrected chi connectivity index (χ0v) is 10.8. The van der Waals surface area contributed by atoms with E-state index in [1.54, 1.807) is 0 Å². The molecule has 1 aromatic heterocycles. The van der Waals surface area contributed by atoms with Gasteiger partial charge in [0.05, 0.1) is 23.9 Å². The molecule has 1 heterocycles. The Morgan fingerprint density at radius 3 is 2.88 bits per heavy atom. The summed E-state index contributed by atoms with van der Waals surface area (Å²) in [4.78, 5) is 14.5. The van der Waals surface area contributed by atoms with E-state index in [1.165, 1.54) is 25.1 Å².